The first kappa shape index (κ1) is 17.6. The van der Waals surface area contributed by atoms with Crippen LogP contribution in [-0.2, 0) is 12.2 Å². The van der Waals surface area contributed by atoms with Gasteiger partial charge < -0.3 is 4.74 Å². The monoisotopic (exact) mass is 348 g/mol. The van der Waals surface area contributed by atoms with E-state index in [1.54, 1.807) is 0 Å². The summed E-state index contributed by atoms with van der Waals surface area (Å²) in [6.45, 7) is 2.97. The van der Waals surface area contributed by atoms with Crippen molar-refractivity contribution in [3.05, 3.63) is 96.1 Å². The van der Waals surface area contributed by atoms with Gasteiger partial charge in [-0.25, -0.2) is 0 Å². The minimum absolute atomic E-state index is 0.495. The van der Waals surface area contributed by atoms with Crippen LogP contribution in [-0.4, -0.2) is 6.61 Å². The maximum absolute atomic E-state index is 5.95. The molecule has 2 heteroatoms. The topological polar surface area (TPSA) is 9.23 Å². The molecule has 0 unspecified atom stereocenters. The van der Waals surface area contributed by atoms with E-state index in [2.05, 4.69) is 91.9 Å². The fraction of sp³-hybridized carbons (Fsp3) is 0.217. The summed E-state index contributed by atoms with van der Waals surface area (Å²) < 4.78 is 5.95. The summed E-state index contributed by atoms with van der Waals surface area (Å²) in [6.07, 6.45) is 1.05. The molecule has 0 aliphatic heterocycles. The van der Waals surface area contributed by atoms with E-state index in [1.807, 2.05) is 11.8 Å². The number of thioether (sulfide) groups is 1. The van der Waals surface area contributed by atoms with Crippen LogP contribution in [0.1, 0.15) is 18.1 Å². The summed E-state index contributed by atoms with van der Waals surface area (Å²) in [7, 11) is 0. The van der Waals surface area contributed by atoms with Crippen LogP contribution < -0.4 is 4.74 Å². The van der Waals surface area contributed by atoms with E-state index >= 15 is 0 Å². The molecule has 25 heavy (non-hydrogen) atoms. The predicted octanol–water partition coefficient (Wildman–Crippen LogP) is 6.24. The molecule has 0 aromatic heterocycles. The third-order valence-corrected chi connectivity index (χ3v) is 5.12. The van der Waals surface area contributed by atoms with Crippen LogP contribution >= 0.6 is 11.8 Å². The Morgan fingerprint density at radius 3 is 2.00 bits per heavy atom. The number of hydrogen-bond acceptors (Lipinski definition) is 2. The summed E-state index contributed by atoms with van der Waals surface area (Å²) >= 11 is 1.85. The standard InChI is InChI=1S/C23H24OS/c1-19(16-20-8-4-2-5-9-20)17-24-22-12-14-23(15-13-22)25-18-21-10-6-3-7-11-21/h2-15,19H,16-18H2,1H3/t19-/m0/s1. The van der Waals surface area contributed by atoms with Gasteiger partial charge in [0.1, 0.15) is 5.75 Å². The fourth-order valence-corrected chi connectivity index (χ4v) is 3.54. The molecule has 3 aromatic carbocycles. The zero-order chi connectivity index (χ0) is 17.3. The molecular formula is C23H24OS. The Kier molecular flexibility index (Phi) is 6.58. The van der Waals surface area contributed by atoms with Crippen molar-refractivity contribution in [3.8, 4) is 5.75 Å². The van der Waals surface area contributed by atoms with Gasteiger partial charge in [-0.1, -0.05) is 67.6 Å². The van der Waals surface area contributed by atoms with Crippen LogP contribution in [0.5, 0.6) is 5.75 Å². The van der Waals surface area contributed by atoms with Crippen LogP contribution in [0.3, 0.4) is 0 Å². The predicted molar refractivity (Wildman–Crippen MR) is 107 cm³/mol. The molecule has 0 saturated heterocycles. The smallest absolute Gasteiger partial charge is 0.119 e. The maximum atomic E-state index is 5.95. The lowest BCUT2D eigenvalue weighted by atomic mass is 10.0. The van der Waals surface area contributed by atoms with Gasteiger partial charge >= 0.3 is 0 Å². The van der Waals surface area contributed by atoms with Gasteiger partial charge in [0.15, 0.2) is 0 Å². The number of ether oxygens (including phenoxy) is 1. The molecule has 0 saturated carbocycles. The summed E-state index contributed by atoms with van der Waals surface area (Å²) in [4.78, 5) is 1.27. The van der Waals surface area contributed by atoms with Crippen LogP contribution in [0.2, 0.25) is 0 Å². The van der Waals surface area contributed by atoms with E-state index in [9.17, 15) is 0 Å². The minimum atomic E-state index is 0.495. The molecule has 0 bridgehead atoms. The lowest BCUT2D eigenvalue weighted by Crippen LogP contribution is -2.11. The number of hydrogen-bond donors (Lipinski definition) is 0. The van der Waals surface area contributed by atoms with Crippen LogP contribution in [0.25, 0.3) is 0 Å². The fourth-order valence-electron chi connectivity index (χ4n) is 2.69. The molecule has 1 atom stereocenters. The van der Waals surface area contributed by atoms with E-state index in [0.29, 0.717) is 5.92 Å². The van der Waals surface area contributed by atoms with Crippen molar-refractivity contribution in [2.75, 3.05) is 6.61 Å². The van der Waals surface area contributed by atoms with E-state index < -0.39 is 0 Å². The molecule has 3 rings (SSSR count). The molecule has 0 spiro atoms. The van der Waals surface area contributed by atoms with Gasteiger partial charge in [-0.15, -0.1) is 11.8 Å². The highest BCUT2D eigenvalue weighted by Crippen LogP contribution is 2.25. The second-order valence-electron chi connectivity index (χ2n) is 6.35. The third-order valence-electron chi connectivity index (χ3n) is 4.03. The molecule has 0 radical (unpaired) electrons. The van der Waals surface area contributed by atoms with Crippen molar-refractivity contribution in [2.45, 2.75) is 24.0 Å². The third kappa shape index (κ3) is 5.99. The normalized spacial score (nSPS) is 11.9. The lowest BCUT2D eigenvalue weighted by Gasteiger charge is -2.13. The van der Waals surface area contributed by atoms with Crippen molar-refractivity contribution < 1.29 is 4.74 Å². The summed E-state index contributed by atoms with van der Waals surface area (Å²) in [5.41, 5.74) is 2.72. The molecule has 0 aliphatic rings. The van der Waals surface area contributed by atoms with Crippen molar-refractivity contribution >= 4 is 11.8 Å². The molecule has 0 heterocycles. The zero-order valence-electron chi connectivity index (χ0n) is 14.6. The van der Waals surface area contributed by atoms with Crippen molar-refractivity contribution in [2.24, 2.45) is 5.92 Å². The highest BCUT2D eigenvalue weighted by molar-refractivity contribution is 7.98. The summed E-state index contributed by atoms with van der Waals surface area (Å²) in [5, 5.41) is 0. The summed E-state index contributed by atoms with van der Waals surface area (Å²) in [5.74, 6) is 2.44. The van der Waals surface area contributed by atoms with Gasteiger partial charge in [0.25, 0.3) is 0 Å². The van der Waals surface area contributed by atoms with E-state index in [1.165, 1.54) is 16.0 Å². The first-order valence-corrected chi connectivity index (χ1v) is 9.71. The Bertz CT molecular complexity index is 738. The van der Waals surface area contributed by atoms with Gasteiger partial charge in [0.2, 0.25) is 0 Å². The van der Waals surface area contributed by atoms with Gasteiger partial charge in [-0.2, -0.15) is 0 Å². The Morgan fingerprint density at radius 1 is 0.760 bits per heavy atom. The molecule has 0 fully saturated rings. The first-order chi connectivity index (χ1) is 12.3. The minimum Gasteiger partial charge on any atom is -0.493 e. The molecule has 0 amide bonds. The van der Waals surface area contributed by atoms with Crippen LogP contribution in [0, 0.1) is 5.92 Å². The highest BCUT2D eigenvalue weighted by atomic mass is 32.2. The van der Waals surface area contributed by atoms with Crippen molar-refractivity contribution in [1.82, 2.24) is 0 Å². The second-order valence-corrected chi connectivity index (χ2v) is 7.40. The highest BCUT2D eigenvalue weighted by Gasteiger charge is 2.05. The van der Waals surface area contributed by atoms with Crippen molar-refractivity contribution in [3.63, 3.8) is 0 Å². The molecule has 3 aromatic rings. The summed E-state index contributed by atoms with van der Waals surface area (Å²) in [6, 6.07) is 29.6. The lowest BCUT2D eigenvalue weighted by molar-refractivity contribution is 0.259. The molecule has 128 valence electrons. The second kappa shape index (κ2) is 9.33. The van der Waals surface area contributed by atoms with Crippen LogP contribution in [0.15, 0.2) is 89.8 Å². The molecule has 0 N–H and O–H groups in total. The van der Waals surface area contributed by atoms with Crippen LogP contribution in [0.4, 0.5) is 0 Å². The molecular weight excluding hydrogens is 324 g/mol. The van der Waals surface area contributed by atoms with E-state index in [-0.39, 0.29) is 0 Å². The maximum Gasteiger partial charge on any atom is 0.119 e. The van der Waals surface area contributed by atoms with Crippen molar-refractivity contribution in [1.29, 1.82) is 0 Å². The Balaban J connectivity index is 1.44. The average Bonchev–Trinajstić information content (AvgIpc) is 2.67. The Hall–Kier alpha value is -2.19. The van der Waals surface area contributed by atoms with Gasteiger partial charge in [0, 0.05) is 10.6 Å². The number of benzene rings is 3. The largest absolute Gasteiger partial charge is 0.493 e. The van der Waals surface area contributed by atoms with Gasteiger partial charge in [-0.05, 0) is 47.7 Å². The molecule has 0 aliphatic carbocycles. The Morgan fingerprint density at radius 2 is 1.36 bits per heavy atom. The van der Waals surface area contributed by atoms with E-state index in [4.69, 9.17) is 4.74 Å². The molecule has 1 nitrogen and oxygen atoms in total. The first-order valence-electron chi connectivity index (χ1n) is 8.73. The quantitative estimate of drug-likeness (QED) is 0.446. The Labute approximate surface area is 155 Å². The van der Waals surface area contributed by atoms with Gasteiger partial charge in [-0.3, -0.25) is 0 Å². The average molecular weight is 349 g/mol. The number of rotatable bonds is 8. The van der Waals surface area contributed by atoms with Gasteiger partial charge in [0.05, 0.1) is 6.61 Å². The zero-order valence-corrected chi connectivity index (χ0v) is 15.4. The van der Waals surface area contributed by atoms with E-state index in [0.717, 1.165) is 24.5 Å². The SMILES string of the molecule is C[C@H](COc1ccc(SCc2ccccc2)cc1)Cc1ccccc1.